The number of benzene rings is 2. The molecule has 4 heteroatoms. The van der Waals surface area contributed by atoms with Crippen LogP contribution in [0, 0.1) is 17.8 Å². The first-order valence-corrected chi connectivity index (χ1v) is 11.7. The molecule has 0 aliphatic heterocycles. The van der Waals surface area contributed by atoms with Crippen LogP contribution in [-0.4, -0.2) is 22.5 Å². The molecule has 1 aliphatic carbocycles. The fraction of sp³-hybridized carbons (Fsp3) is 0.429. The molecule has 0 spiro atoms. The lowest BCUT2D eigenvalue weighted by atomic mass is 9.75. The van der Waals surface area contributed by atoms with Crippen molar-refractivity contribution < 1.29 is 14.3 Å². The van der Waals surface area contributed by atoms with Crippen LogP contribution < -0.4 is 0 Å². The maximum atomic E-state index is 13.8. The van der Waals surface area contributed by atoms with Crippen molar-refractivity contribution in [1.82, 2.24) is 4.57 Å². The van der Waals surface area contributed by atoms with Gasteiger partial charge in [-0.05, 0) is 48.3 Å². The fourth-order valence-corrected chi connectivity index (χ4v) is 5.28. The second-order valence-corrected chi connectivity index (χ2v) is 9.63. The molecule has 4 atom stereocenters. The quantitative estimate of drug-likeness (QED) is 0.437. The third kappa shape index (κ3) is 4.36. The van der Waals surface area contributed by atoms with Crippen molar-refractivity contribution in [1.29, 1.82) is 0 Å². The molecule has 0 N–H and O–H groups in total. The average Bonchev–Trinajstić information content (AvgIpc) is 3.13. The third-order valence-electron chi connectivity index (χ3n) is 6.95. The molecule has 1 heterocycles. The van der Waals surface area contributed by atoms with Crippen LogP contribution in [-0.2, 0) is 9.53 Å². The highest BCUT2D eigenvalue weighted by Gasteiger charge is 2.37. The van der Waals surface area contributed by atoms with E-state index in [0.29, 0.717) is 23.4 Å². The zero-order chi connectivity index (χ0) is 22.8. The molecular formula is C28H33NO3. The summed E-state index contributed by atoms with van der Waals surface area (Å²) in [5.74, 6) is 0.330. The van der Waals surface area contributed by atoms with Crippen LogP contribution in [0.3, 0.4) is 0 Å². The van der Waals surface area contributed by atoms with Gasteiger partial charge in [0.25, 0.3) is 0 Å². The molecule has 32 heavy (non-hydrogen) atoms. The van der Waals surface area contributed by atoms with Gasteiger partial charge in [-0.2, -0.15) is 0 Å². The van der Waals surface area contributed by atoms with E-state index in [4.69, 9.17) is 4.74 Å². The predicted molar refractivity (Wildman–Crippen MR) is 128 cm³/mol. The van der Waals surface area contributed by atoms with E-state index in [9.17, 15) is 9.59 Å². The van der Waals surface area contributed by atoms with Gasteiger partial charge in [0.2, 0.25) is 5.91 Å². The monoisotopic (exact) mass is 431 g/mol. The smallest absolute Gasteiger partial charge is 0.319 e. The Morgan fingerprint density at radius 2 is 1.69 bits per heavy atom. The molecule has 0 amide bonds. The number of carbonyl (C=O) groups excluding carboxylic acids is 2. The average molecular weight is 432 g/mol. The minimum Gasteiger partial charge on any atom is -0.461 e. The summed E-state index contributed by atoms with van der Waals surface area (Å²) in [6.07, 6.45) is 3.07. The molecule has 2 aromatic carbocycles. The number of nitrogens with zero attached hydrogens (tertiary/aromatic N) is 1. The maximum absolute atomic E-state index is 13.8. The summed E-state index contributed by atoms with van der Waals surface area (Å²) in [5, 5.41) is 0.942. The summed E-state index contributed by atoms with van der Waals surface area (Å²) in [6, 6.07) is 19.4. The molecule has 1 aliphatic rings. The molecule has 4 nitrogen and oxygen atoms in total. The summed E-state index contributed by atoms with van der Waals surface area (Å²) < 4.78 is 7.94. The van der Waals surface area contributed by atoms with Crippen molar-refractivity contribution in [2.24, 2.45) is 17.8 Å². The normalized spacial score (nSPS) is 22.1. The van der Waals surface area contributed by atoms with E-state index in [0.717, 1.165) is 29.3 Å². The van der Waals surface area contributed by atoms with Crippen molar-refractivity contribution in [3.63, 3.8) is 0 Å². The second kappa shape index (κ2) is 9.32. The minimum atomic E-state index is -0.655. The molecule has 1 unspecified atom stereocenters. The largest absolute Gasteiger partial charge is 0.461 e. The maximum Gasteiger partial charge on any atom is 0.319 e. The highest BCUT2D eigenvalue weighted by molar-refractivity contribution is 5.95. The van der Waals surface area contributed by atoms with Gasteiger partial charge in [0.05, 0.1) is 5.52 Å². The molecule has 1 saturated carbocycles. The van der Waals surface area contributed by atoms with E-state index in [-0.39, 0.29) is 18.0 Å². The van der Waals surface area contributed by atoms with Gasteiger partial charge < -0.3 is 4.74 Å². The zero-order valence-electron chi connectivity index (χ0n) is 19.5. The second-order valence-electron chi connectivity index (χ2n) is 9.63. The lowest BCUT2D eigenvalue weighted by Gasteiger charge is -2.37. The lowest BCUT2D eigenvalue weighted by molar-refractivity contribution is -0.156. The molecule has 0 saturated heterocycles. The third-order valence-corrected chi connectivity index (χ3v) is 6.95. The lowest BCUT2D eigenvalue weighted by Crippen LogP contribution is -2.37. The number of esters is 1. The van der Waals surface area contributed by atoms with E-state index < -0.39 is 5.92 Å². The Morgan fingerprint density at radius 3 is 2.38 bits per heavy atom. The molecule has 0 bridgehead atoms. The number of hydrogen-bond acceptors (Lipinski definition) is 3. The van der Waals surface area contributed by atoms with Crippen LogP contribution in [0.25, 0.3) is 10.9 Å². The van der Waals surface area contributed by atoms with Crippen molar-refractivity contribution in [3.8, 4) is 0 Å². The van der Waals surface area contributed by atoms with Crippen LogP contribution in [0.5, 0.6) is 0 Å². The van der Waals surface area contributed by atoms with Crippen LogP contribution >= 0.6 is 0 Å². The van der Waals surface area contributed by atoms with E-state index in [1.807, 2.05) is 60.7 Å². The molecule has 1 aromatic heterocycles. The van der Waals surface area contributed by atoms with Crippen LogP contribution in [0.15, 0.2) is 60.7 Å². The van der Waals surface area contributed by atoms with Crippen molar-refractivity contribution in [2.75, 3.05) is 0 Å². The number of fused-ring (bicyclic) bond motifs is 1. The predicted octanol–water partition coefficient (Wildman–Crippen LogP) is 6.44. The SMILES string of the molecule is CC(=O)n1c(C(C(=O)O[C@@H]2C[C@H](C)CC[C@H]2C(C)C)c2ccccc2)cc2ccccc21. The number of aromatic nitrogens is 1. The van der Waals surface area contributed by atoms with Gasteiger partial charge in [0, 0.05) is 18.0 Å². The van der Waals surface area contributed by atoms with Gasteiger partial charge in [0.1, 0.15) is 12.0 Å². The fourth-order valence-electron chi connectivity index (χ4n) is 5.28. The molecule has 4 rings (SSSR count). The summed E-state index contributed by atoms with van der Waals surface area (Å²) in [6.45, 7) is 8.20. The Morgan fingerprint density at radius 1 is 1.00 bits per heavy atom. The van der Waals surface area contributed by atoms with Crippen molar-refractivity contribution in [2.45, 2.75) is 59.0 Å². The summed E-state index contributed by atoms with van der Waals surface area (Å²) in [4.78, 5) is 26.5. The van der Waals surface area contributed by atoms with Crippen molar-refractivity contribution >= 4 is 22.8 Å². The van der Waals surface area contributed by atoms with Gasteiger partial charge in [-0.3, -0.25) is 14.2 Å². The standard InChI is InChI=1S/C28H33NO3/c1-18(2)23-15-14-19(3)16-26(23)32-28(31)27(21-10-6-5-7-11-21)25-17-22-12-8-9-13-24(22)29(25)20(4)30/h5-13,17-19,23,26-27H,14-16H2,1-4H3/t19-,23+,26-,27?/m1/s1. The number of para-hydroxylation sites is 1. The van der Waals surface area contributed by atoms with Gasteiger partial charge >= 0.3 is 5.97 Å². The Bertz CT molecular complexity index is 1100. The zero-order valence-corrected chi connectivity index (χ0v) is 19.5. The number of carbonyl (C=O) groups is 2. The summed E-state index contributed by atoms with van der Waals surface area (Å²) >= 11 is 0. The molecular weight excluding hydrogens is 398 g/mol. The van der Waals surface area contributed by atoms with Crippen LogP contribution in [0.2, 0.25) is 0 Å². The molecule has 168 valence electrons. The first-order chi connectivity index (χ1) is 15.4. The Kier molecular flexibility index (Phi) is 6.50. The van der Waals surface area contributed by atoms with E-state index in [2.05, 4.69) is 20.8 Å². The van der Waals surface area contributed by atoms with Gasteiger partial charge in [-0.1, -0.05) is 75.7 Å². The number of rotatable bonds is 5. The highest BCUT2D eigenvalue weighted by atomic mass is 16.5. The van der Waals surface area contributed by atoms with Gasteiger partial charge in [-0.25, -0.2) is 0 Å². The first-order valence-electron chi connectivity index (χ1n) is 11.7. The van der Waals surface area contributed by atoms with E-state index in [1.165, 1.54) is 6.42 Å². The first kappa shape index (κ1) is 22.3. The van der Waals surface area contributed by atoms with Crippen molar-refractivity contribution in [3.05, 3.63) is 71.9 Å². The van der Waals surface area contributed by atoms with Crippen LogP contribution in [0.1, 0.15) is 68.9 Å². The number of ether oxygens (including phenoxy) is 1. The van der Waals surface area contributed by atoms with Gasteiger partial charge in [0.15, 0.2) is 0 Å². The number of hydrogen-bond donors (Lipinski definition) is 0. The van der Waals surface area contributed by atoms with Gasteiger partial charge in [-0.15, -0.1) is 0 Å². The molecule has 0 radical (unpaired) electrons. The topological polar surface area (TPSA) is 48.3 Å². The van der Waals surface area contributed by atoms with E-state index in [1.54, 1.807) is 11.5 Å². The molecule has 3 aromatic rings. The Balaban J connectivity index is 1.78. The van der Waals surface area contributed by atoms with E-state index >= 15 is 0 Å². The summed E-state index contributed by atoms with van der Waals surface area (Å²) in [5.41, 5.74) is 2.32. The highest BCUT2D eigenvalue weighted by Crippen LogP contribution is 2.38. The minimum absolute atomic E-state index is 0.0902. The Hall–Kier alpha value is -2.88. The summed E-state index contributed by atoms with van der Waals surface area (Å²) in [7, 11) is 0. The molecule has 1 fully saturated rings. The Labute approximate surface area is 190 Å². The van der Waals surface area contributed by atoms with Crippen LogP contribution in [0.4, 0.5) is 0 Å².